The predicted molar refractivity (Wildman–Crippen MR) is 33.9 cm³/mol. The number of hydrogen-bond acceptors (Lipinski definition) is 1. The summed E-state index contributed by atoms with van der Waals surface area (Å²) < 4.78 is 0. The predicted octanol–water partition coefficient (Wildman–Crippen LogP) is 0.627. The van der Waals surface area contributed by atoms with Crippen molar-refractivity contribution in [3.05, 3.63) is 0 Å². The second kappa shape index (κ2) is 1.49. The Kier molecular flexibility index (Phi) is 0.875. The van der Waals surface area contributed by atoms with Gasteiger partial charge in [-0.2, -0.15) is 0 Å². The molecule has 2 atom stereocenters. The first-order valence-corrected chi connectivity index (χ1v) is 3.61. The van der Waals surface area contributed by atoms with Crippen molar-refractivity contribution in [1.29, 1.82) is 0 Å². The molecule has 1 amide bonds. The second-order valence-electron chi connectivity index (χ2n) is 3.03. The van der Waals surface area contributed by atoms with Crippen LogP contribution in [0.2, 0.25) is 0 Å². The molecule has 0 spiro atoms. The number of carbonyl (C=O) groups excluding carboxylic acids is 1. The van der Waals surface area contributed by atoms with Crippen LogP contribution >= 0.6 is 0 Å². The van der Waals surface area contributed by atoms with Crippen molar-refractivity contribution in [1.82, 2.24) is 4.90 Å². The van der Waals surface area contributed by atoms with Gasteiger partial charge in [-0.05, 0) is 12.8 Å². The quantitative estimate of drug-likeness (QED) is 0.435. The third-order valence-corrected chi connectivity index (χ3v) is 2.55. The average molecular weight is 125 g/mol. The number of hydrogen-bond donors (Lipinski definition) is 0. The molecule has 0 saturated carbocycles. The molecule has 2 nitrogen and oxygen atoms in total. The highest BCUT2D eigenvalue weighted by atomic mass is 16.2. The van der Waals surface area contributed by atoms with E-state index in [1.807, 2.05) is 11.8 Å². The normalized spacial score (nSPS) is 40.6. The molecule has 50 valence electrons. The fourth-order valence-corrected chi connectivity index (χ4v) is 1.93. The van der Waals surface area contributed by atoms with Crippen molar-refractivity contribution >= 4 is 5.91 Å². The molecule has 0 aromatic rings. The molecule has 2 fully saturated rings. The maximum atomic E-state index is 11.0. The second-order valence-corrected chi connectivity index (χ2v) is 3.03. The number of nitrogens with zero attached hydrogens (tertiary/aromatic N) is 1. The van der Waals surface area contributed by atoms with Gasteiger partial charge in [-0.1, -0.05) is 6.92 Å². The summed E-state index contributed by atoms with van der Waals surface area (Å²) in [7, 11) is 0. The zero-order valence-electron chi connectivity index (χ0n) is 5.63. The Labute approximate surface area is 54.8 Å². The summed E-state index contributed by atoms with van der Waals surface area (Å²) >= 11 is 0. The molecule has 0 N–H and O–H groups in total. The van der Waals surface area contributed by atoms with Gasteiger partial charge in [0.25, 0.3) is 0 Å². The van der Waals surface area contributed by atoms with Crippen molar-refractivity contribution in [2.75, 3.05) is 6.54 Å². The van der Waals surface area contributed by atoms with Crippen LogP contribution in [0.1, 0.15) is 19.8 Å². The number of amides is 1. The van der Waals surface area contributed by atoms with Crippen molar-refractivity contribution in [2.24, 2.45) is 5.92 Å². The highest BCUT2D eigenvalue weighted by Crippen LogP contribution is 2.34. The summed E-state index contributed by atoms with van der Waals surface area (Å²) in [6, 6.07) is 0.623. The largest absolute Gasteiger partial charge is 0.339 e. The Hall–Kier alpha value is -0.530. The molecule has 9 heavy (non-hydrogen) atoms. The molecule has 2 aliphatic heterocycles. The third-order valence-electron chi connectivity index (χ3n) is 2.55. The van der Waals surface area contributed by atoms with Crippen LogP contribution in [0.15, 0.2) is 0 Å². The molecule has 2 unspecified atom stereocenters. The van der Waals surface area contributed by atoms with E-state index in [0.717, 1.165) is 6.54 Å². The van der Waals surface area contributed by atoms with Crippen LogP contribution < -0.4 is 0 Å². The Bertz CT molecular complexity index is 155. The van der Waals surface area contributed by atoms with E-state index < -0.39 is 0 Å². The Morgan fingerprint density at radius 3 is 3.11 bits per heavy atom. The Morgan fingerprint density at radius 1 is 1.67 bits per heavy atom. The Morgan fingerprint density at radius 2 is 2.44 bits per heavy atom. The van der Waals surface area contributed by atoms with E-state index in [9.17, 15) is 4.79 Å². The van der Waals surface area contributed by atoms with Crippen molar-refractivity contribution in [3.8, 4) is 0 Å². The minimum absolute atomic E-state index is 0.340. The smallest absolute Gasteiger partial charge is 0.227 e. The lowest BCUT2D eigenvalue weighted by Crippen LogP contribution is -2.55. The summed E-state index contributed by atoms with van der Waals surface area (Å²) in [6.45, 7) is 3.06. The van der Waals surface area contributed by atoms with Crippen molar-refractivity contribution in [3.63, 3.8) is 0 Å². The zero-order valence-corrected chi connectivity index (χ0v) is 5.63. The first-order chi connectivity index (χ1) is 4.30. The van der Waals surface area contributed by atoms with Gasteiger partial charge in [-0.15, -0.1) is 0 Å². The first kappa shape index (κ1) is 5.27. The average Bonchev–Trinajstić information content (AvgIpc) is 2.30. The molecule has 0 radical (unpaired) electrons. The summed E-state index contributed by atoms with van der Waals surface area (Å²) in [4.78, 5) is 13.0. The summed E-state index contributed by atoms with van der Waals surface area (Å²) in [5, 5.41) is 0. The van der Waals surface area contributed by atoms with Crippen LogP contribution in [-0.2, 0) is 4.79 Å². The molecule has 0 bridgehead atoms. The van der Waals surface area contributed by atoms with Crippen LogP contribution in [-0.4, -0.2) is 23.4 Å². The zero-order chi connectivity index (χ0) is 6.43. The van der Waals surface area contributed by atoms with Crippen molar-refractivity contribution in [2.45, 2.75) is 25.8 Å². The van der Waals surface area contributed by atoms with Crippen LogP contribution in [0.3, 0.4) is 0 Å². The lowest BCUT2D eigenvalue weighted by molar-refractivity contribution is -0.150. The van der Waals surface area contributed by atoms with Gasteiger partial charge in [-0.25, -0.2) is 0 Å². The molecule has 2 heteroatoms. The molecule has 0 aromatic heterocycles. The van der Waals surface area contributed by atoms with Crippen LogP contribution in [0.4, 0.5) is 0 Å². The van der Waals surface area contributed by atoms with Crippen LogP contribution in [0.25, 0.3) is 0 Å². The monoisotopic (exact) mass is 125 g/mol. The van der Waals surface area contributed by atoms with E-state index in [1.54, 1.807) is 0 Å². The van der Waals surface area contributed by atoms with Gasteiger partial charge in [-0.3, -0.25) is 4.79 Å². The maximum Gasteiger partial charge on any atom is 0.227 e. The molecule has 2 heterocycles. The number of carbonyl (C=O) groups is 1. The number of fused-ring (bicyclic) bond motifs is 1. The van der Waals surface area contributed by atoms with E-state index in [0.29, 0.717) is 17.9 Å². The van der Waals surface area contributed by atoms with E-state index >= 15 is 0 Å². The van der Waals surface area contributed by atoms with Gasteiger partial charge in [0.2, 0.25) is 5.91 Å². The molecule has 2 aliphatic rings. The molecule has 2 rings (SSSR count). The molecular formula is C7H11NO. The van der Waals surface area contributed by atoms with Crippen LogP contribution in [0, 0.1) is 5.92 Å². The third kappa shape index (κ3) is 0.485. The van der Waals surface area contributed by atoms with Crippen LogP contribution in [0.5, 0.6) is 0 Å². The fourth-order valence-electron chi connectivity index (χ4n) is 1.93. The van der Waals surface area contributed by atoms with E-state index in [-0.39, 0.29) is 0 Å². The SMILES string of the molecule is CC1C(=O)N2CCCC12. The van der Waals surface area contributed by atoms with Crippen molar-refractivity contribution < 1.29 is 4.79 Å². The highest BCUT2D eigenvalue weighted by molar-refractivity contribution is 5.86. The summed E-state index contributed by atoms with van der Waals surface area (Å²) in [5.74, 6) is 0.713. The summed E-state index contributed by atoms with van der Waals surface area (Å²) in [5.41, 5.74) is 0. The lowest BCUT2D eigenvalue weighted by Gasteiger charge is -2.40. The number of rotatable bonds is 0. The van der Waals surface area contributed by atoms with Gasteiger partial charge in [0.15, 0.2) is 0 Å². The first-order valence-electron chi connectivity index (χ1n) is 3.61. The number of β-lactam (4-membered cyclic amide) rings is 1. The highest BCUT2D eigenvalue weighted by Gasteiger charge is 2.46. The van der Waals surface area contributed by atoms with Gasteiger partial charge >= 0.3 is 0 Å². The standard InChI is InChI=1S/C7H11NO/c1-5-6-3-2-4-8(6)7(5)9/h5-6H,2-4H2,1H3. The minimum atomic E-state index is 0.340. The molecular weight excluding hydrogens is 114 g/mol. The van der Waals surface area contributed by atoms with Gasteiger partial charge < -0.3 is 4.90 Å². The maximum absolute atomic E-state index is 11.0. The van der Waals surface area contributed by atoms with Gasteiger partial charge in [0, 0.05) is 12.6 Å². The lowest BCUT2D eigenvalue weighted by atomic mass is 9.90. The van der Waals surface area contributed by atoms with E-state index in [2.05, 4.69) is 0 Å². The van der Waals surface area contributed by atoms with E-state index in [4.69, 9.17) is 0 Å². The van der Waals surface area contributed by atoms with E-state index in [1.165, 1.54) is 12.8 Å². The van der Waals surface area contributed by atoms with Gasteiger partial charge in [0.1, 0.15) is 0 Å². The van der Waals surface area contributed by atoms with Gasteiger partial charge in [0.05, 0.1) is 5.92 Å². The fraction of sp³-hybridized carbons (Fsp3) is 0.857. The molecule has 0 aromatic carbocycles. The summed E-state index contributed by atoms with van der Waals surface area (Å²) in [6.07, 6.45) is 2.47. The molecule has 2 saturated heterocycles. The minimum Gasteiger partial charge on any atom is -0.339 e. The Balaban J connectivity index is 2.14. The topological polar surface area (TPSA) is 20.3 Å². The molecule has 0 aliphatic carbocycles.